The maximum Gasteiger partial charge on any atom is 0.311 e. The Labute approximate surface area is 178 Å². The van der Waals surface area contributed by atoms with Gasteiger partial charge in [0, 0.05) is 48.5 Å². The fraction of sp³-hybridized carbons (Fsp3) is 0.440. The molecule has 0 saturated carbocycles. The average Bonchev–Trinajstić information content (AvgIpc) is 2.99. The lowest BCUT2D eigenvalue weighted by Gasteiger charge is -2.27. The number of hydrogen-bond donors (Lipinski definition) is 0. The zero-order valence-corrected chi connectivity index (χ0v) is 18.6. The van der Waals surface area contributed by atoms with E-state index in [1.165, 1.54) is 27.7 Å². The number of rotatable bonds is 4. The van der Waals surface area contributed by atoms with Crippen LogP contribution in [-0.2, 0) is 29.0 Å². The highest BCUT2D eigenvalue weighted by molar-refractivity contribution is 5.86. The number of fused-ring (bicyclic) bond motifs is 3. The molecule has 1 aliphatic rings. The Morgan fingerprint density at radius 2 is 1.93 bits per heavy atom. The van der Waals surface area contributed by atoms with Crippen LogP contribution >= 0.6 is 0 Å². The molecule has 0 N–H and O–H groups in total. The Kier molecular flexibility index (Phi) is 5.41. The summed E-state index contributed by atoms with van der Waals surface area (Å²) in [6.45, 7) is 10.4. The van der Waals surface area contributed by atoms with Gasteiger partial charge >= 0.3 is 5.97 Å². The zero-order chi connectivity index (χ0) is 21.5. The van der Waals surface area contributed by atoms with Gasteiger partial charge in [0.15, 0.2) is 0 Å². The molecule has 4 rings (SSSR count). The molecular formula is C25H31N3O2. The second-order valence-corrected chi connectivity index (χ2v) is 9.47. The first-order valence-corrected chi connectivity index (χ1v) is 10.6. The van der Waals surface area contributed by atoms with Gasteiger partial charge in [0.25, 0.3) is 0 Å². The lowest BCUT2D eigenvalue weighted by molar-refractivity contribution is -0.159. The minimum Gasteiger partial charge on any atom is -0.455 e. The molecule has 5 heteroatoms. The van der Waals surface area contributed by atoms with Crippen LogP contribution in [0.25, 0.3) is 10.9 Å². The predicted octanol–water partition coefficient (Wildman–Crippen LogP) is 4.66. The minimum absolute atomic E-state index is 0.190. The highest BCUT2D eigenvalue weighted by atomic mass is 16.5. The van der Waals surface area contributed by atoms with Crippen LogP contribution in [-0.4, -0.2) is 34.0 Å². The maximum atomic E-state index is 12.8. The molecule has 0 bridgehead atoms. The molecule has 5 nitrogen and oxygen atoms in total. The monoisotopic (exact) mass is 405 g/mol. The zero-order valence-electron chi connectivity index (χ0n) is 18.6. The highest BCUT2D eigenvalue weighted by Crippen LogP contribution is 2.34. The number of esters is 1. The van der Waals surface area contributed by atoms with Crippen molar-refractivity contribution in [1.82, 2.24) is 14.5 Å². The van der Waals surface area contributed by atoms with E-state index in [1.54, 1.807) is 12.4 Å². The number of hydrogen-bond acceptors (Lipinski definition) is 4. The number of ether oxygens (including phenoxy) is 1. The van der Waals surface area contributed by atoms with E-state index < -0.39 is 5.41 Å². The number of nitrogens with zero attached hydrogens (tertiary/aromatic N) is 3. The van der Waals surface area contributed by atoms with Gasteiger partial charge < -0.3 is 14.2 Å². The Morgan fingerprint density at radius 3 is 2.63 bits per heavy atom. The topological polar surface area (TPSA) is 47.4 Å². The molecule has 0 aliphatic carbocycles. The molecule has 0 fully saturated rings. The van der Waals surface area contributed by atoms with Crippen molar-refractivity contribution in [2.24, 2.45) is 5.41 Å². The summed E-state index contributed by atoms with van der Waals surface area (Å²) in [7, 11) is 2.17. The quantitative estimate of drug-likeness (QED) is 0.592. The molecule has 2 aromatic heterocycles. The summed E-state index contributed by atoms with van der Waals surface area (Å²) in [5.41, 5.74) is 5.66. The summed E-state index contributed by atoms with van der Waals surface area (Å²) < 4.78 is 8.43. The fourth-order valence-corrected chi connectivity index (χ4v) is 4.17. The Balaban J connectivity index is 1.79. The number of aromatic nitrogens is 2. The average molecular weight is 406 g/mol. The van der Waals surface area contributed by atoms with E-state index >= 15 is 0 Å². The van der Waals surface area contributed by atoms with Crippen LogP contribution in [0.5, 0.6) is 0 Å². The van der Waals surface area contributed by atoms with Crippen molar-refractivity contribution in [1.29, 1.82) is 0 Å². The second kappa shape index (κ2) is 7.88. The Bertz CT molecular complexity index is 1060. The van der Waals surface area contributed by atoms with E-state index in [2.05, 4.69) is 46.6 Å². The van der Waals surface area contributed by atoms with E-state index in [1.807, 2.05) is 32.9 Å². The van der Waals surface area contributed by atoms with Gasteiger partial charge in [-0.2, -0.15) is 0 Å². The van der Waals surface area contributed by atoms with Gasteiger partial charge in [-0.25, -0.2) is 0 Å². The highest BCUT2D eigenvalue weighted by Gasteiger charge is 2.29. The molecule has 3 heterocycles. The molecule has 0 saturated heterocycles. The molecule has 1 aromatic carbocycles. The number of carbonyl (C=O) groups excluding carboxylic acids is 1. The van der Waals surface area contributed by atoms with Crippen molar-refractivity contribution in [3.05, 3.63) is 65.1 Å². The van der Waals surface area contributed by atoms with Gasteiger partial charge in [0.1, 0.15) is 6.10 Å². The molecule has 1 unspecified atom stereocenters. The number of likely N-dealkylation sites (N-methyl/N-ethyl adjacent to an activating group) is 1. The van der Waals surface area contributed by atoms with Crippen molar-refractivity contribution in [2.45, 2.75) is 53.3 Å². The van der Waals surface area contributed by atoms with Gasteiger partial charge in [-0.05, 0) is 70.1 Å². The Hall–Kier alpha value is -2.66. The standard InChI is InChI=1S/C25H31N3O2/c1-17-6-7-21-19(14-17)20-15-27(5)13-10-22(20)28(21)16-23(18-8-11-26-12-9-18)30-24(29)25(2,3)4/h6-9,11-12,14,23H,10,13,15-16H2,1-5H3. The second-order valence-electron chi connectivity index (χ2n) is 9.47. The van der Waals surface area contributed by atoms with Crippen molar-refractivity contribution in [3.63, 3.8) is 0 Å². The van der Waals surface area contributed by atoms with E-state index in [0.717, 1.165) is 25.1 Å². The number of carbonyl (C=O) groups is 1. The summed E-state index contributed by atoms with van der Waals surface area (Å²) >= 11 is 0. The molecule has 158 valence electrons. The van der Waals surface area contributed by atoms with Crippen molar-refractivity contribution < 1.29 is 9.53 Å². The lowest BCUT2D eigenvalue weighted by atomic mass is 9.97. The van der Waals surface area contributed by atoms with Gasteiger partial charge in [-0.15, -0.1) is 0 Å². The summed E-state index contributed by atoms with van der Waals surface area (Å²) in [5, 5.41) is 1.31. The summed E-state index contributed by atoms with van der Waals surface area (Å²) in [6, 6.07) is 10.5. The van der Waals surface area contributed by atoms with Gasteiger partial charge in [-0.3, -0.25) is 9.78 Å². The van der Waals surface area contributed by atoms with Crippen LogP contribution in [0.15, 0.2) is 42.7 Å². The SMILES string of the molecule is Cc1ccc2c(c1)c1c(n2CC(OC(=O)C(C)(C)C)c2ccncc2)CCN(C)C1. The third-order valence-electron chi connectivity index (χ3n) is 5.89. The smallest absolute Gasteiger partial charge is 0.311 e. The number of benzene rings is 1. The van der Waals surface area contributed by atoms with Crippen LogP contribution in [0.4, 0.5) is 0 Å². The molecule has 0 spiro atoms. The fourth-order valence-electron chi connectivity index (χ4n) is 4.17. The maximum absolute atomic E-state index is 12.8. The van der Waals surface area contributed by atoms with E-state index in [9.17, 15) is 4.79 Å². The van der Waals surface area contributed by atoms with Crippen molar-refractivity contribution in [3.8, 4) is 0 Å². The Morgan fingerprint density at radius 1 is 1.20 bits per heavy atom. The molecule has 0 radical (unpaired) electrons. The van der Waals surface area contributed by atoms with Gasteiger partial charge in [-0.1, -0.05) is 11.6 Å². The predicted molar refractivity (Wildman–Crippen MR) is 119 cm³/mol. The largest absolute Gasteiger partial charge is 0.455 e. The van der Waals surface area contributed by atoms with Gasteiger partial charge in [0.2, 0.25) is 0 Å². The third kappa shape index (κ3) is 3.99. The molecule has 3 aromatic rings. The summed E-state index contributed by atoms with van der Waals surface area (Å²) in [4.78, 5) is 19.3. The van der Waals surface area contributed by atoms with E-state index in [4.69, 9.17) is 4.74 Å². The van der Waals surface area contributed by atoms with Crippen molar-refractivity contribution in [2.75, 3.05) is 13.6 Å². The normalized spacial score (nSPS) is 15.8. The molecule has 1 aliphatic heterocycles. The van der Waals surface area contributed by atoms with E-state index in [0.29, 0.717) is 6.54 Å². The first-order chi connectivity index (χ1) is 14.2. The minimum atomic E-state index is -0.552. The number of aryl methyl sites for hydroxylation is 1. The summed E-state index contributed by atoms with van der Waals surface area (Å²) in [6.07, 6.45) is 4.15. The van der Waals surface area contributed by atoms with Crippen molar-refractivity contribution >= 4 is 16.9 Å². The lowest BCUT2D eigenvalue weighted by Crippen LogP contribution is -2.29. The molecular weight excluding hydrogens is 374 g/mol. The molecule has 30 heavy (non-hydrogen) atoms. The van der Waals surface area contributed by atoms with Crippen LogP contribution < -0.4 is 0 Å². The van der Waals surface area contributed by atoms with E-state index in [-0.39, 0.29) is 12.1 Å². The van der Waals surface area contributed by atoms with Crippen LogP contribution in [0.2, 0.25) is 0 Å². The third-order valence-corrected chi connectivity index (χ3v) is 5.89. The van der Waals surface area contributed by atoms with Crippen LogP contribution in [0.1, 0.15) is 49.3 Å². The molecule has 0 amide bonds. The first-order valence-electron chi connectivity index (χ1n) is 10.6. The van der Waals surface area contributed by atoms with Crippen LogP contribution in [0.3, 0.4) is 0 Å². The molecule has 1 atom stereocenters. The number of pyridine rings is 1. The van der Waals surface area contributed by atoms with Crippen LogP contribution in [0, 0.1) is 12.3 Å². The first kappa shape index (κ1) is 20.6. The van der Waals surface area contributed by atoms with Gasteiger partial charge in [0.05, 0.1) is 12.0 Å². The summed E-state index contributed by atoms with van der Waals surface area (Å²) in [5.74, 6) is -0.190.